The summed E-state index contributed by atoms with van der Waals surface area (Å²) in [5.41, 5.74) is 0. The number of quaternary nitrogens is 1. The van der Waals surface area contributed by atoms with Crippen LogP contribution >= 0.6 is 0 Å². The van der Waals surface area contributed by atoms with Crippen LogP contribution in [0.3, 0.4) is 0 Å². The third kappa shape index (κ3) is 2.04. The van der Waals surface area contributed by atoms with E-state index in [-0.39, 0.29) is 24.0 Å². The first-order chi connectivity index (χ1) is 5.76. The van der Waals surface area contributed by atoms with Crippen molar-refractivity contribution >= 4 is 0 Å². The van der Waals surface area contributed by atoms with Gasteiger partial charge in [0, 0.05) is 12.3 Å². The predicted molar refractivity (Wildman–Crippen MR) is 52.0 cm³/mol. The lowest BCUT2D eigenvalue weighted by Crippen LogP contribution is -3.00. The topological polar surface area (TPSA) is 0 Å². The fourth-order valence-corrected chi connectivity index (χ4v) is 3.59. The lowest BCUT2D eigenvalue weighted by molar-refractivity contribution is -0.922. The van der Waals surface area contributed by atoms with Gasteiger partial charge in [-0.05, 0) is 25.7 Å². The molecular formula is C11H22IN. The Hall–Kier alpha value is 0.690. The summed E-state index contributed by atoms with van der Waals surface area (Å²) < 4.78 is 1.40. The lowest BCUT2D eigenvalue weighted by atomic mass is 10.0. The highest BCUT2D eigenvalue weighted by atomic mass is 127. The minimum Gasteiger partial charge on any atom is -1.00 e. The van der Waals surface area contributed by atoms with Gasteiger partial charge >= 0.3 is 0 Å². The number of hydrogen-bond acceptors (Lipinski definition) is 0. The molecule has 1 saturated carbocycles. The quantitative estimate of drug-likeness (QED) is 0.472. The van der Waals surface area contributed by atoms with Gasteiger partial charge in [0.15, 0.2) is 0 Å². The molecule has 1 aliphatic heterocycles. The molecule has 2 aliphatic rings. The van der Waals surface area contributed by atoms with Gasteiger partial charge in [-0.1, -0.05) is 6.92 Å². The number of nitrogens with zero attached hydrogens (tertiary/aromatic N) is 1. The second kappa shape index (κ2) is 4.47. The second-order valence-electron chi connectivity index (χ2n) is 4.97. The van der Waals surface area contributed by atoms with Gasteiger partial charge in [0.05, 0.1) is 26.2 Å². The first kappa shape index (κ1) is 11.8. The van der Waals surface area contributed by atoms with Gasteiger partial charge in [0.2, 0.25) is 0 Å². The largest absolute Gasteiger partial charge is 1.00 e. The molecule has 0 aromatic rings. The Bertz CT molecular complexity index is 167. The van der Waals surface area contributed by atoms with Crippen molar-refractivity contribution in [3.8, 4) is 0 Å². The Balaban J connectivity index is 0.000000845. The van der Waals surface area contributed by atoms with Gasteiger partial charge in [0.1, 0.15) is 0 Å². The minimum atomic E-state index is 0. The molecular weight excluding hydrogens is 273 g/mol. The number of rotatable bonds is 2. The van der Waals surface area contributed by atoms with Crippen molar-refractivity contribution in [2.45, 2.75) is 45.1 Å². The highest BCUT2D eigenvalue weighted by Crippen LogP contribution is 2.41. The van der Waals surface area contributed by atoms with E-state index in [9.17, 15) is 0 Å². The van der Waals surface area contributed by atoms with Crippen LogP contribution in [0.2, 0.25) is 0 Å². The summed E-state index contributed by atoms with van der Waals surface area (Å²) in [5, 5.41) is 0. The van der Waals surface area contributed by atoms with Crippen LogP contribution < -0.4 is 24.0 Å². The van der Waals surface area contributed by atoms with Crippen LogP contribution in [0.15, 0.2) is 0 Å². The molecule has 0 aromatic heterocycles. The van der Waals surface area contributed by atoms with Crippen LogP contribution in [0.1, 0.15) is 39.0 Å². The molecule has 1 saturated heterocycles. The summed E-state index contributed by atoms with van der Waals surface area (Å²) >= 11 is 0. The van der Waals surface area contributed by atoms with E-state index in [2.05, 4.69) is 14.0 Å². The molecule has 0 N–H and O–H groups in total. The first-order valence-electron chi connectivity index (χ1n) is 5.60. The summed E-state index contributed by atoms with van der Waals surface area (Å²) in [7, 11) is 2.49. The Morgan fingerprint density at radius 1 is 1.23 bits per heavy atom. The average molecular weight is 295 g/mol. The van der Waals surface area contributed by atoms with Gasteiger partial charge in [-0.2, -0.15) is 0 Å². The third-order valence-corrected chi connectivity index (χ3v) is 4.16. The van der Waals surface area contributed by atoms with Crippen molar-refractivity contribution in [2.24, 2.45) is 5.92 Å². The molecule has 0 radical (unpaired) electrons. The fourth-order valence-electron chi connectivity index (χ4n) is 3.59. The predicted octanol–water partition coefficient (Wildman–Crippen LogP) is -0.581. The van der Waals surface area contributed by atoms with Gasteiger partial charge in [0.25, 0.3) is 0 Å². The van der Waals surface area contributed by atoms with Crippen molar-refractivity contribution in [1.29, 1.82) is 0 Å². The van der Waals surface area contributed by atoms with Crippen molar-refractivity contribution in [2.75, 3.05) is 20.1 Å². The molecule has 78 valence electrons. The van der Waals surface area contributed by atoms with Gasteiger partial charge in [-0.25, -0.2) is 0 Å². The maximum absolute atomic E-state index is 2.49. The SMILES string of the molecule is CCC[N+]1(C)CCC2CCCC21.[I-]. The number of likely N-dealkylation sites (tertiary alicyclic amines) is 1. The van der Waals surface area contributed by atoms with Crippen molar-refractivity contribution in [3.05, 3.63) is 0 Å². The highest BCUT2D eigenvalue weighted by Gasteiger charge is 2.46. The summed E-state index contributed by atoms with van der Waals surface area (Å²) in [6, 6.07) is 1.05. The Morgan fingerprint density at radius 3 is 2.69 bits per heavy atom. The number of hydrogen-bond donors (Lipinski definition) is 0. The summed E-state index contributed by atoms with van der Waals surface area (Å²) in [5.74, 6) is 1.10. The van der Waals surface area contributed by atoms with E-state index >= 15 is 0 Å². The minimum absolute atomic E-state index is 0. The monoisotopic (exact) mass is 295 g/mol. The Morgan fingerprint density at radius 2 is 2.00 bits per heavy atom. The molecule has 0 aromatic carbocycles. The van der Waals surface area contributed by atoms with Crippen LogP contribution in [-0.2, 0) is 0 Å². The van der Waals surface area contributed by atoms with Gasteiger partial charge in [-0.15, -0.1) is 0 Å². The van der Waals surface area contributed by atoms with E-state index in [0.717, 1.165) is 12.0 Å². The molecule has 2 fully saturated rings. The molecule has 3 atom stereocenters. The Labute approximate surface area is 99.5 Å². The number of halogens is 1. The molecule has 3 unspecified atom stereocenters. The zero-order valence-electron chi connectivity index (χ0n) is 8.93. The van der Waals surface area contributed by atoms with Gasteiger partial charge in [-0.3, -0.25) is 0 Å². The summed E-state index contributed by atoms with van der Waals surface area (Å²) in [6.07, 6.45) is 7.43. The second-order valence-corrected chi connectivity index (χ2v) is 4.97. The van der Waals surface area contributed by atoms with Crippen molar-refractivity contribution in [1.82, 2.24) is 0 Å². The zero-order chi connectivity index (χ0) is 8.60. The van der Waals surface area contributed by atoms with E-state index in [1.54, 1.807) is 0 Å². The molecule has 0 amide bonds. The van der Waals surface area contributed by atoms with E-state index in [1.165, 1.54) is 49.7 Å². The summed E-state index contributed by atoms with van der Waals surface area (Å²) in [4.78, 5) is 0. The number of fused-ring (bicyclic) bond motifs is 1. The molecule has 1 aliphatic carbocycles. The summed E-state index contributed by atoms with van der Waals surface area (Å²) in [6.45, 7) is 5.20. The fraction of sp³-hybridized carbons (Fsp3) is 1.00. The van der Waals surface area contributed by atoms with E-state index in [0.29, 0.717) is 0 Å². The molecule has 2 rings (SSSR count). The molecule has 0 spiro atoms. The molecule has 13 heavy (non-hydrogen) atoms. The standard InChI is InChI=1S/C11H22N.HI/c1-3-8-12(2)9-7-10-5-4-6-11(10)12;/h10-11H,3-9H2,1-2H3;1H/q+1;/p-1. The maximum atomic E-state index is 2.49. The molecule has 2 heteroatoms. The molecule has 1 heterocycles. The Kier molecular flexibility index (Phi) is 4.05. The molecule has 1 nitrogen and oxygen atoms in total. The van der Waals surface area contributed by atoms with E-state index in [4.69, 9.17) is 0 Å². The molecule has 0 bridgehead atoms. The average Bonchev–Trinajstić information content (AvgIpc) is 2.57. The van der Waals surface area contributed by atoms with Crippen molar-refractivity contribution in [3.63, 3.8) is 0 Å². The van der Waals surface area contributed by atoms with E-state index in [1.807, 2.05) is 0 Å². The third-order valence-electron chi connectivity index (χ3n) is 4.16. The van der Waals surface area contributed by atoms with E-state index < -0.39 is 0 Å². The van der Waals surface area contributed by atoms with Crippen LogP contribution in [0.25, 0.3) is 0 Å². The normalized spacial score (nSPS) is 42.9. The van der Waals surface area contributed by atoms with Crippen LogP contribution in [0, 0.1) is 5.92 Å². The van der Waals surface area contributed by atoms with Crippen LogP contribution in [0.4, 0.5) is 0 Å². The maximum Gasteiger partial charge on any atom is 0.0918 e. The van der Waals surface area contributed by atoms with Gasteiger partial charge < -0.3 is 28.5 Å². The smallest absolute Gasteiger partial charge is 0.0918 e. The van der Waals surface area contributed by atoms with Crippen molar-refractivity contribution < 1.29 is 28.5 Å². The van der Waals surface area contributed by atoms with Crippen LogP contribution in [0.5, 0.6) is 0 Å². The zero-order valence-corrected chi connectivity index (χ0v) is 11.1. The lowest BCUT2D eigenvalue weighted by Gasteiger charge is -2.35. The highest BCUT2D eigenvalue weighted by molar-refractivity contribution is 4.83. The first-order valence-corrected chi connectivity index (χ1v) is 5.60. The van der Waals surface area contributed by atoms with Crippen LogP contribution in [-0.4, -0.2) is 30.7 Å².